The zero-order chi connectivity index (χ0) is 17.9. The third-order valence-electron chi connectivity index (χ3n) is 3.72. The van der Waals surface area contributed by atoms with E-state index in [1.54, 1.807) is 12.1 Å². The summed E-state index contributed by atoms with van der Waals surface area (Å²) < 4.78 is 1.23. The molecule has 0 unspecified atom stereocenters. The molecule has 2 aromatic heterocycles. The van der Waals surface area contributed by atoms with Gasteiger partial charge in [0.2, 0.25) is 0 Å². The second-order valence-electron chi connectivity index (χ2n) is 5.59. The van der Waals surface area contributed by atoms with Gasteiger partial charge in [-0.1, -0.05) is 57.8 Å². The zero-order valence-electron chi connectivity index (χ0n) is 13.8. The fraction of sp³-hybridized carbons (Fsp3) is 0.0588. The first kappa shape index (κ1) is 15.6. The Morgan fingerprint density at radius 3 is 2.58 bits per heavy atom. The number of aryl methyl sites for hydroxylation is 1. The molecule has 26 heavy (non-hydrogen) atoms. The van der Waals surface area contributed by atoms with Crippen LogP contribution in [0.3, 0.4) is 0 Å². The summed E-state index contributed by atoms with van der Waals surface area (Å²) in [4.78, 5) is 16.7. The highest BCUT2D eigenvalue weighted by Gasteiger charge is 2.14. The summed E-state index contributed by atoms with van der Waals surface area (Å²) in [7, 11) is 0. The van der Waals surface area contributed by atoms with E-state index in [9.17, 15) is 4.79 Å². The first-order chi connectivity index (χ1) is 12.7. The highest BCUT2D eigenvalue weighted by Crippen LogP contribution is 2.23. The first-order valence-electron chi connectivity index (χ1n) is 7.85. The Balaban J connectivity index is 1.64. The van der Waals surface area contributed by atoms with Gasteiger partial charge in [-0.05, 0) is 29.5 Å². The van der Waals surface area contributed by atoms with Crippen molar-refractivity contribution in [2.75, 3.05) is 5.43 Å². The lowest BCUT2D eigenvalue weighted by atomic mass is 10.1. The maximum atomic E-state index is 12.3. The Labute approximate surface area is 148 Å². The van der Waals surface area contributed by atoms with Crippen LogP contribution in [0.2, 0.25) is 0 Å². The number of aromatic nitrogens is 6. The summed E-state index contributed by atoms with van der Waals surface area (Å²) in [6.07, 6.45) is 0. The minimum Gasteiger partial charge on any atom is -0.280 e. The van der Waals surface area contributed by atoms with E-state index in [-0.39, 0.29) is 11.7 Å². The van der Waals surface area contributed by atoms with Gasteiger partial charge in [0.25, 0.3) is 11.7 Å². The molecule has 0 aliphatic carbocycles. The van der Waals surface area contributed by atoms with Crippen LogP contribution < -0.4 is 10.9 Å². The van der Waals surface area contributed by atoms with Crippen LogP contribution in [0.5, 0.6) is 0 Å². The van der Waals surface area contributed by atoms with Gasteiger partial charge in [-0.15, -0.1) is 5.10 Å². The molecule has 0 aliphatic rings. The van der Waals surface area contributed by atoms with Crippen LogP contribution in [0.15, 0.2) is 54.6 Å². The first-order valence-corrected chi connectivity index (χ1v) is 7.85. The topological polar surface area (TPSA) is 110 Å². The van der Waals surface area contributed by atoms with Crippen molar-refractivity contribution in [3.63, 3.8) is 0 Å². The van der Waals surface area contributed by atoms with Crippen molar-refractivity contribution in [3.05, 3.63) is 65.7 Å². The van der Waals surface area contributed by atoms with Crippen LogP contribution in [-0.2, 0) is 0 Å². The third kappa shape index (κ3) is 3.05. The van der Waals surface area contributed by atoms with Gasteiger partial charge < -0.3 is 0 Å². The fourth-order valence-corrected chi connectivity index (χ4v) is 2.38. The molecule has 4 aromatic rings. The number of amides is 1. The summed E-state index contributed by atoms with van der Waals surface area (Å²) >= 11 is 0. The van der Waals surface area contributed by atoms with Gasteiger partial charge in [-0.25, -0.2) is 0 Å². The number of rotatable bonds is 4. The van der Waals surface area contributed by atoms with E-state index in [1.807, 2.05) is 49.4 Å². The average Bonchev–Trinajstić information content (AvgIpc) is 3.14. The fourth-order valence-electron chi connectivity index (χ4n) is 2.38. The lowest BCUT2D eigenvalue weighted by Gasteiger charge is -2.11. The molecule has 1 amide bonds. The second kappa shape index (κ2) is 6.55. The summed E-state index contributed by atoms with van der Waals surface area (Å²) in [5.41, 5.74) is 8.39. The molecule has 2 heterocycles. The molecule has 0 bridgehead atoms. The van der Waals surface area contributed by atoms with Gasteiger partial charge in [0.1, 0.15) is 5.69 Å². The van der Waals surface area contributed by atoms with Crippen LogP contribution in [0.1, 0.15) is 15.9 Å². The van der Waals surface area contributed by atoms with Gasteiger partial charge in [-0.3, -0.25) is 15.6 Å². The Bertz CT molecular complexity index is 1060. The quantitative estimate of drug-likeness (QED) is 0.541. The molecule has 0 radical (unpaired) electrons. The molecule has 9 nitrogen and oxygen atoms in total. The van der Waals surface area contributed by atoms with Crippen molar-refractivity contribution >= 4 is 17.5 Å². The van der Waals surface area contributed by atoms with Crippen molar-refractivity contribution in [2.45, 2.75) is 6.92 Å². The maximum Gasteiger partial charge on any atom is 0.293 e. The number of hydrazine groups is 1. The van der Waals surface area contributed by atoms with E-state index >= 15 is 0 Å². The van der Waals surface area contributed by atoms with Crippen LogP contribution >= 0.6 is 0 Å². The molecule has 0 fully saturated rings. The minimum absolute atomic E-state index is 0.219. The molecule has 0 saturated heterocycles. The SMILES string of the molecule is Cc1ccc(C(=O)NNc2nc3nnnn3nc2-c2ccccc2)cc1. The number of anilines is 1. The van der Waals surface area contributed by atoms with Crippen molar-refractivity contribution in [1.29, 1.82) is 0 Å². The van der Waals surface area contributed by atoms with Crippen LogP contribution in [0, 0.1) is 6.92 Å². The maximum absolute atomic E-state index is 12.3. The van der Waals surface area contributed by atoms with Gasteiger partial charge in [0.05, 0.1) is 0 Å². The molecular weight excluding hydrogens is 332 g/mol. The number of tetrazole rings is 1. The molecular formula is C17H14N8O. The largest absolute Gasteiger partial charge is 0.293 e. The Morgan fingerprint density at radius 1 is 1.04 bits per heavy atom. The van der Waals surface area contributed by atoms with Crippen LogP contribution in [0.25, 0.3) is 17.0 Å². The number of hydrogen-bond acceptors (Lipinski definition) is 7. The van der Waals surface area contributed by atoms with E-state index in [0.29, 0.717) is 17.1 Å². The van der Waals surface area contributed by atoms with Gasteiger partial charge in [0.15, 0.2) is 5.82 Å². The molecule has 2 aromatic carbocycles. The predicted molar refractivity (Wildman–Crippen MR) is 94.1 cm³/mol. The molecule has 0 spiro atoms. The predicted octanol–water partition coefficient (Wildman–Crippen LogP) is 1.65. The monoisotopic (exact) mass is 346 g/mol. The van der Waals surface area contributed by atoms with Gasteiger partial charge in [-0.2, -0.15) is 4.98 Å². The average molecular weight is 346 g/mol. The van der Waals surface area contributed by atoms with E-state index in [1.165, 1.54) is 4.63 Å². The van der Waals surface area contributed by atoms with Crippen molar-refractivity contribution in [2.24, 2.45) is 0 Å². The molecule has 128 valence electrons. The summed E-state index contributed by atoms with van der Waals surface area (Å²) in [6.45, 7) is 1.96. The number of hydrogen-bond donors (Lipinski definition) is 2. The van der Waals surface area contributed by atoms with Crippen LogP contribution in [0.4, 0.5) is 5.82 Å². The van der Waals surface area contributed by atoms with Crippen LogP contribution in [-0.4, -0.2) is 36.1 Å². The number of carbonyl (C=O) groups excluding carboxylic acids is 1. The molecule has 0 atom stereocenters. The standard InChI is InChI=1S/C17H14N8O/c1-11-7-9-13(10-8-11)16(26)20-19-15-14(12-5-3-2-4-6-12)22-25-17(18-15)21-23-24-25/h2-10H,1H3,(H,20,26)(H,18,19,21,24). The number of nitrogens with one attached hydrogen (secondary N) is 2. The Morgan fingerprint density at radius 2 is 1.81 bits per heavy atom. The number of benzene rings is 2. The zero-order valence-corrected chi connectivity index (χ0v) is 13.8. The lowest BCUT2D eigenvalue weighted by Crippen LogP contribution is -2.30. The number of nitrogens with zero attached hydrogens (tertiary/aromatic N) is 6. The normalized spacial score (nSPS) is 10.7. The number of fused-ring (bicyclic) bond motifs is 1. The lowest BCUT2D eigenvalue weighted by molar-refractivity contribution is 0.0962. The number of carbonyl (C=O) groups is 1. The van der Waals surface area contributed by atoms with E-state index < -0.39 is 0 Å². The molecule has 0 aliphatic heterocycles. The third-order valence-corrected chi connectivity index (χ3v) is 3.72. The smallest absolute Gasteiger partial charge is 0.280 e. The Hall–Kier alpha value is -3.88. The molecule has 9 heteroatoms. The second-order valence-corrected chi connectivity index (χ2v) is 5.59. The van der Waals surface area contributed by atoms with Gasteiger partial charge in [0, 0.05) is 11.1 Å². The van der Waals surface area contributed by atoms with E-state index in [2.05, 4.69) is 36.5 Å². The van der Waals surface area contributed by atoms with Crippen molar-refractivity contribution in [3.8, 4) is 11.3 Å². The highest BCUT2D eigenvalue weighted by atomic mass is 16.2. The van der Waals surface area contributed by atoms with E-state index in [0.717, 1.165) is 11.1 Å². The Kier molecular flexibility index (Phi) is 3.94. The summed E-state index contributed by atoms with van der Waals surface area (Å²) in [5.74, 6) is 0.279. The molecule has 4 rings (SSSR count). The highest BCUT2D eigenvalue weighted by molar-refractivity contribution is 5.95. The summed E-state index contributed by atoms with van der Waals surface area (Å²) in [5, 5.41) is 15.5. The van der Waals surface area contributed by atoms with E-state index in [4.69, 9.17) is 0 Å². The summed E-state index contributed by atoms with van der Waals surface area (Å²) in [6, 6.07) is 16.7. The minimum atomic E-state index is -0.287. The molecule has 0 saturated carbocycles. The van der Waals surface area contributed by atoms with Gasteiger partial charge >= 0.3 is 0 Å². The van der Waals surface area contributed by atoms with Crippen molar-refractivity contribution in [1.82, 2.24) is 35.7 Å². The van der Waals surface area contributed by atoms with Crippen molar-refractivity contribution < 1.29 is 4.79 Å². The molecule has 2 N–H and O–H groups in total.